The third-order valence-corrected chi connectivity index (χ3v) is 9.26. The first-order chi connectivity index (χ1) is 19.6. The summed E-state index contributed by atoms with van der Waals surface area (Å²) < 4.78 is 82.4. The van der Waals surface area contributed by atoms with Crippen molar-refractivity contribution < 1.29 is 31.1 Å². The predicted molar refractivity (Wildman–Crippen MR) is 151 cm³/mol. The van der Waals surface area contributed by atoms with Crippen molar-refractivity contribution in [3.05, 3.63) is 44.9 Å². The number of rotatable bonds is 6. The monoisotopic (exact) mass is 655 g/mol. The molecule has 1 aliphatic carbocycles. The first-order valence-electron chi connectivity index (χ1n) is 13.2. The van der Waals surface area contributed by atoms with Crippen LogP contribution < -0.4 is 15.5 Å². The second-order valence-corrected chi connectivity index (χ2v) is 11.9. The fraction of sp³-hybridized carbons (Fsp3) is 0.481. The van der Waals surface area contributed by atoms with Crippen LogP contribution in [-0.2, 0) is 18.4 Å². The zero-order chi connectivity index (χ0) is 30.6. The fourth-order valence-corrected chi connectivity index (χ4v) is 6.30. The molecule has 0 radical (unpaired) electrons. The van der Waals surface area contributed by atoms with Gasteiger partial charge in [0.05, 0.1) is 43.4 Å². The molecule has 15 heteroatoms. The van der Waals surface area contributed by atoms with Gasteiger partial charge >= 0.3 is 12.4 Å². The van der Waals surface area contributed by atoms with Crippen LogP contribution in [0.2, 0.25) is 15.1 Å². The second kappa shape index (κ2) is 11.2. The number of aromatic nitrogens is 2. The van der Waals surface area contributed by atoms with Crippen LogP contribution in [0.25, 0.3) is 11.0 Å². The summed E-state index contributed by atoms with van der Waals surface area (Å²) in [5.74, 6) is -2.27. The molecule has 1 aromatic heterocycles. The Balaban J connectivity index is 1.38. The maximum Gasteiger partial charge on any atom is 0.403 e. The lowest BCUT2D eigenvalue weighted by molar-refractivity contribution is -0.243. The number of nitrogens with one attached hydrogen (secondary N) is 2. The van der Waals surface area contributed by atoms with E-state index >= 15 is 0 Å². The summed E-state index contributed by atoms with van der Waals surface area (Å²) in [6.07, 6.45) is -8.71. The van der Waals surface area contributed by atoms with Crippen molar-refractivity contribution >= 4 is 69.1 Å². The molecule has 2 fully saturated rings. The number of anilines is 3. The van der Waals surface area contributed by atoms with E-state index in [1.807, 2.05) is 0 Å². The largest absolute Gasteiger partial charge is 0.403 e. The van der Waals surface area contributed by atoms with Gasteiger partial charge in [0, 0.05) is 26.7 Å². The molecule has 1 saturated heterocycles. The minimum Gasteiger partial charge on any atom is -0.370 e. The molecule has 1 unspecified atom stereocenters. The average Bonchev–Trinajstić information content (AvgIpc) is 3.17. The number of carbonyl (C=O) groups is 1. The van der Waals surface area contributed by atoms with E-state index in [-0.39, 0.29) is 59.1 Å². The van der Waals surface area contributed by atoms with Gasteiger partial charge in [0.15, 0.2) is 0 Å². The summed E-state index contributed by atoms with van der Waals surface area (Å²) in [5, 5.41) is 5.93. The lowest BCUT2D eigenvalue weighted by atomic mass is 9.67. The Bertz CT molecular complexity index is 1520. The quantitative estimate of drug-likeness (QED) is 0.262. The summed E-state index contributed by atoms with van der Waals surface area (Å²) in [7, 11) is 1.69. The smallest absolute Gasteiger partial charge is 0.370 e. The zero-order valence-electron chi connectivity index (χ0n) is 22.2. The highest BCUT2D eigenvalue weighted by Crippen LogP contribution is 2.53. The van der Waals surface area contributed by atoms with E-state index < -0.39 is 29.6 Å². The molecule has 0 bridgehead atoms. The van der Waals surface area contributed by atoms with Crippen molar-refractivity contribution in [1.29, 1.82) is 0 Å². The first kappa shape index (κ1) is 30.9. The van der Waals surface area contributed by atoms with Crippen LogP contribution >= 0.6 is 34.8 Å². The third kappa shape index (κ3) is 5.57. The molecular formula is C27H26Cl3F6N5O. The van der Waals surface area contributed by atoms with E-state index in [0.29, 0.717) is 41.7 Å². The molecule has 1 aliphatic heterocycles. The molecule has 6 nitrogen and oxygen atoms in total. The molecule has 2 aromatic carbocycles. The Morgan fingerprint density at radius 3 is 2.40 bits per heavy atom. The molecule has 5 rings (SSSR count). The van der Waals surface area contributed by atoms with E-state index in [4.69, 9.17) is 34.8 Å². The zero-order valence-corrected chi connectivity index (χ0v) is 24.5. The number of alkyl halides is 6. The third-order valence-electron chi connectivity index (χ3n) is 8.21. The summed E-state index contributed by atoms with van der Waals surface area (Å²) in [6.45, 7) is -0.0205. The van der Waals surface area contributed by atoms with Crippen molar-refractivity contribution in [2.24, 2.45) is 18.4 Å². The Kier molecular flexibility index (Phi) is 8.21. The van der Waals surface area contributed by atoms with Crippen molar-refractivity contribution in [2.45, 2.75) is 51.0 Å². The summed E-state index contributed by atoms with van der Waals surface area (Å²) >= 11 is 19.5. The minimum absolute atomic E-state index is 0.0626. The van der Waals surface area contributed by atoms with Gasteiger partial charge in [-0.15, -0.1) is 0 Å². The van der Waals surface area contributed by atoms with Crippen molar-refractivity contribution in [1.82, 2.24) is 14.9 Å². The van der Waals surface area contributed by atoms with E-state index in [1.54, 1.807) is 28.6 Å². The number of hydrogen-bond donors (Lipinski definition) is 2. The van der Waals surface area contributed by atoms with Gasteiger partial charge < -0.3 is 20.1 Å². The van der Waals surface area contributed by atoms with Crippen LogP contribution in [0.3, 0.4) is 0 Å². The molecule has 1 saturated carbocycles. The molecule has 1 amide bonds. The number of carbonyl (C=O) groups excluding carboxylic acids is 1. The molecule has 3 aromatic rings. The SMILES string of the molecule is Cn1c(Nc2c(Cl)ccc(CNC(=O)C3(C(F)(F)F)CCC3)c2Cl)nc2cc(Cl)c(N3CCCC(C(F)(F)F)C3)cc21. The van der Waals surface area contributed by atoms with E-state index in [9.17, 15) is 31.1 Å². The van der Waals surface area contributed by atoms with Gasteiger partial charge in [0.25, 0.3) is 0 Å². The molecule has 42 heavy (non-hydrogen) atoms. The van der Waals surface area contributed by atoms with Gasteiger partial charge in [0.1, 0.15) is 5.41 Å². The van der Waals surface area contributed by atoms with Gasteiger partial charge in [-0.25, -0.2) is 4.98 Å². The first-order valence-corrected chi connectivity index (χ1v) is 14.3. The molecule has 2 N–H and O–H groups in total. The Hall–Kier alpha value is -2.57. The normalized spacial score (nSPS) is 19.1. The highest BCUT2D eigenvalue weighted by molar-refractivity contribution is 6.39. The number of fused-ring (bicyclic) bond motifs is 1. The van der Waals surface area contributed by atoms with E-state index in [0.717, 1.165) is 0 Å². The van der Waals surface area contributed by atoms with Crippen molar-refractivity contribution in [3.63, 3.8) is 0 Å². The topological polar surface area (TPSA) is 62.2 Å². The lowest BCUT2D eigenvalue weighted by Gasteiger charge is -2.41. The number of amides is 1. The predicted octanol–water partition coefficient (Wildman–Crippen LogP) is 8.40. The number of halogens is 9. The number of benzene rings is 2. The van der Waals surface area contributed by atoms with E-state index in [1.165, 1.54) is 12.1 Å². The molecule has 0 spiro atoms. The van der Waals surface area contributed by atoms with Crippen molar-refractivity contribution in [3.8, 4) is 0 Å². The number of aryl methyl sites for hydroxylation is 1. The molecular weight excluding hydrogens is 631 g/mol. The van der Waals surface area contributed by atoms with Crippen LogP contribution in [-0.4, -0.2) is 40.9 Å². The Morgan fingerprint density at radius 2 is 1.79 bits per heavy atom. The summed E-state index contributed by atoms with van der Waals surface area (Å²) in [4.78, 5) is 18.7. The second-order valence-electron chi connectivity index (χ2n) is 10.8. The molecule has 2 heterocycles. The minimum atomic E-state index is -4.65. The number of imidazole rings is 1. The van der Waals surface area contributed by atoms with Crippen LogP contribution in [0.5, 0.6) is 0 Å². The molecule has 2 aliphatic rings. The molecule has 1 atom stereocenters. The highest BCUT2D eigenvalue weighted by Gasteiger charge is 2.63. The lowest BCUT2D eigenvalue weighted by Crippen LogP contribution is -2.54. The van der Waals surface area contributed by atoms with E-state index in [2.05, 4.69) is 15.6 Å². The number of piperidine rings is 1. The number of hydrogen-bond acceptors (Lipinski definition) is 4. The van der Waals surface area contributed by atoms with Gasteiger partial charge in [-0.1, -0.05) is 47.3 Å². The summed E-state index contributed by atoms with van der Waals surface area (Å²) in [5.41, 5.74) is -0.326. The van der Waals surface area contributed by atoms with Crippen molar-refractivity contribution in [2.75, 3.05) is 23.3 Å². The van der Waals surface area contributed by atoms with Gasteiger partial charge in [-0.3, -0.25) is 4.79 Å². The van der Waals surface area contributed by atoms with Crippen LogP contribution in [0, 0.1) is 11.3 Å². The standard InChI is InChI=1S/C27H26Cl3F6N5O/c1-40-20-11-19(41-9-2-4-15(13-41)26(31,32)33)17(29)10-18(20)38-24(40)39-22-16(28)6-5-14(21(22)30)12-37-23(42)25(7-3-8-25)27(34,35)36/h5-6,10-11,15H,2-4,7-9,12-13H2,1H3,(H,37,42)(H,38,39). The van der Waals surface area contributed by atoms with Gasteiger partial charge in [-0.05, 0) is 49.4 Å². The maximum absolute atomic E-state index is 13.5. The number of nitrogens with zero attached hydrogens (tertiary/aromatic N) is 3. The van der Waals surface area contributed by atoms with Gasteiger partial charge in [-0.2, -0.15) is 26.3 Å². The van der Waals surface area contributed by atoms with Crippen LogP contribution in [0.4, 0.5) is 43.7 Å². The van der Waals surface area contributed by atoms with Gasteiger partial charge in [0.2, 0.25) is 11.9 Å². The van der Waals surface area contributed by atoms with Crippen LogP contribution in [0.1, 0.15) is 37.7 Å². The Labute approximate surface area is 252 Å². The molecule has 228 valence electrons. The maximum atomic E-state index is 13.5. The highest BCUT2D eigenvalue weighted by atomic mass is 35.5. The summed E-state index contributed by atoms with van der Waals surface area (Å²) in [6, 6.07) is 6.25. The van der Waals surface area contributed by atoms with Crippen LogP contribution in [0.15, 0.2) is 24.3 Å². The fourth-order valence-electron chi connectivity index (χ4n) is 5.49. The Morgan fingerprint density at radius 1 is 1.07 bits per heavy atom. The average molecular weight is 657 g/mol.